The molecule has 51 heavy (non-hydrogen) atoms. The summed E-state index contributed by atoms with van der Waals surface area (Å²) in [5, 5.41) is 9.02. The van der Waals surface area contributed by atoms with Crippen LogP contribution in [0.15, 0.2) is 121 Å². The second kappa shape index (κ2) is 23.2. The van der Waals surface area contributed by atoms with Gasteiger partial charge in [0.1, 0.15) is 24.4 Å². The minimum Gasteiger partial charge on any atom is -0.396 e. The van der Waals surface area contributed by atoms with Gasteiger partial charge in [0.2, 0.25) is 0 Å². The molecule has 1 heterocycles. The van der Waals surface area contributed by atoms with Crippen LogP contribution in [0.2, 0.25) is 0 Å². The zero-order valence-electron chi connectivity index (χ0n) is 29.9. The molecule has 4 aromatic rings. The number of rotatable bonds is 24. The van der Waals surface area contributed by atoms with Gasteiger partial charge in [-0.2, -0.15) is 0 Å². The van der Waals surface area contributed by atoms with Gasteiger partial charge in [-0.3, -0.25) is 0 Å². The Morgan fingerprint density at radius 2 is 0.843 bits per heavy atom. The van der Waals surface area contributed by atoms with E-state index in [2.05, 4.69) is 48.5 Å². The monoisotopic (exact) mass is 696 g/mol. The molecule has 0 aliphatic carbocycles. The van der Waals surface area contributed by atoms with Crippen LogP contribution in [0, 0.1) is 0 Å². The van der Waals surface area contributed by atoms with E-state index in [1.807, 2.05) is 72.8 Å². The Hall–Kier alpha value is -3.40. The molecule has 1 N–H and O–H groups in total. The Balaban J connectivity index is 1.33. The van der Waals surface area contributed by atoms with Gasteiger partial charge in [0, 0.05) is 13.2 Å². The molecule has 1 saturated heterocycles. The molecule has 0 bridgehead atoms. The van der Waals surface area contributed by atoms with Gasteiger partial charge in [-0.05, 0) is 35.1 Å². The number of ether oxygens (including phenoxy) is 6. The summed E-state index contributed by atoms with van der Waals surface area (Å²) in [6.45, 7) is 2.78. The van der Waals surface area contributed by atoms with Crippen molar-refractivity contribution in [2.75, 3.05) is 19.8 Å². The Kier molecular flexibility index (Phi) is 17.7. The lowest BCUT2D eigenvalue weighted by atomic mass is 9.97. The predicted molar refractivity (Wildman–Crippen MR) is 200 cm³/mol. The summed E-state index contributed by atoms with van der Waals surface area (Å²) < 4.78 is 39.9. The minimum absolute atomic E-state index is 0.286. The second-order valence-corrected chi connectivity index (χ2v) is 13.3. The van der Waals surface area contributed by atoms with Crippen molar-refractivity contribution in [3.8, 4) is 0 Å². The Labute approximate surface area is 304 Å². The highest BCUT2D eigenvalue weighted by molar-refractivity contribution is 5.16. The molecule has 0 spiro atoms. The predicted octanol–water partition coefficient (Wildman–Crippen LogP) is 8.81. The first-order valence-electron chi connectivity index (χ1n) is 18.8. The van der Waals surface area contributed by atoms with Crippen molar-refractivity contribution in [2.24, 2.45) is 0 Å². The third-order valence-corrected chi connectivity index (χ3v) is 9.18. The van der Waals surface area contributed by atoms with Gasteiger partial charge in [0.05, 0.1) is 33.0 Å². The fourth-order valence-electron chi connectivity index (χ4n) is 6.36. The van der Waals surface area contributed by atoms with Gasteiger partial charge >= 0.3 is 0 Å². The summed E-state index contributed by atoms with van der Waals surface area (Å²) in [7, 11) is 0. The van der Waals surface area contributed by atoms with Gasteiger partial charge in [0.25, 0.3) is 0 Å². The lowest BCUT2D eigenvalue weighted by Gasteiger charge is -2.46. The molecule has 1 aliphatic heterocycles. The number of aliphatic hydroxyl groups excluding tert-OH is 1. The number of hydrogen-bond acceptors (Lipinski definition) is 7. The lowest BCUT2D eigenvalue weighted by Crippen LogP contribution is -2.61. The van der Waals surface area contributed by atoms with Crippen LogP contribution in [0.1, 0.15) is 73.6 Å². The highest BCUT2D eigenvalue weighted by Gasteiger charge is 2.49. The first kappa shape index (κ1) is 38.8. The maximum Gasteiger partial charge on any atom is 0.186 e. The van der Waals surface area contributed by atoms with Gasteiger partial charge in [0.15, 0.2) is 6.29 Å². The zero-order valence-corrected chi connectivity index (χ0v) is 29.9. The maximum absolute atomic E-state index is 9.02. The van der Waals surface area contributed by atoms with Crippen LogP contribution in [0.5, 0.6) is 0 Å². The van der Waals surface area contributed by atoms with Gasteiger partial charge in [-0.25, -0.2) is 0 Å². The Bertz CT molecular complexity index is 1420. The van der Waals surface area contributed by atoms with Crippen LogP contribution in [-0.4, -0.2) is 55.6 Å². The smallest absolute Gasteiger partial charge is 0.186 e. The third kappa shape index (κ3) is 13.9. The summed E-state index contributed by atoms with van der Waals surface area (Å²) >= 11 is 0. The van der Waals surface area contributed by atoms with E-state index in [4.69, 9.17) is 33.5 Å². The van der Waals surface area contributed by atoms with Crippen LogP contribution in [0.25, 0.3) is 0 Å². The van der Waals surface area contributed by atoms with Crippen molar-refractivity contribution in [2.45, 2.75) is 108 Å². The number of aliphatic hydroxyl groups is 1. The Morgan fingerprint density at radius 3 is 1.33 bits per heavy atom. The fourth-order valence-corrected chi connectivity index (χ4v) is 6.36. The molecule has 0 radical (unpaired) electrons. The van der Waals surface area contributed by atoms with Crippen LogP contribution >= 0.6 is 0 Å². The quantitative estimate of drug-likeness (QED) is 0.0734. The van der Waals surface area contributed by atoms with E-state index in [1.54, 1.807) is 0 Å². The highest BCUT2D eigenvalue weighted by Crippen LogP contribution is 2.32. The van der Waals surface area contributed by atoms with Crippen molar-refractivity contribution < 1.29 is 33.5 Å². The third-order valence-electron chi connectivity index (χ3n) is 9.18. The van der Waals surface area contributed by atoms with Crippen LogP contribution in [0.3, 0.4) is 0 Å². The highest BCUT2D eigenvalue weighted by atomic mass is 16.7. The van der Waals surface area contributed by atoms with E-state index in [0.29, 0.717) is 39.6 Å². The molecule has 0 aromatic heterocycles. The molecular weight excluding hydrogens is 640 g/mol. The number of hydrogen-bond donors (Lipinski definition) is 1. The van der Waals surface area contributed by atoms with Gasteiger partial charge in [-0.1, -0.05) is 160 Å². The first-order valence-corrected chi connectivity index (χ1v) is 18.8. The second-order valence-electron chi connectivity index (χ2n) is 13.3. The van der Waals surface area contributed by atoms with Crippen molar-refractivity contribution in [1.29, 1.82) is 0 Å². The normalized spacial score (nSPS) is 20.4. The maximum atomic E-state index is 9.02. The molecule has 0 saturated carbocycles. The molecule has 7 heteroatoms. The Morgan fingerprint density at radius 1 is 0.431 bits per heavy atom. The molecule has 5 rings (SSSR count). The molecule has 4 aromatic carbocycles. The molecule has 5 atom stereocenters. The largest absolute Gasteiger partial charge is 0.396 e. The SMILES string of the molecule is OCCCCCCCCCCO[C@@H]1O[C@H](COCc2ccccc2)[C@H](OCc2ccccc2)[C@H](OCc2ccccc2)[C@H]1OCc1ccccc1. The van der Waals surface area contributed by atoms with E-state index in [-0.39, 0.29) is 6.61 Å². The molecule has 0 amide bonds. The van der Waals surface area contributed by atoms with Crippen LogP contribution in [-0.2, 0) is 54.8 Å². The summed E-state index contributed by atoms with van der Waals surface area (Å²) in [4.78, 5) is 0. The van der Waals surface area contributed by atoms with Crippen LogP contribution in [0.4, 0.5) is 0 Å². The summed E-state index contributed by atoms with van der Waals surface area (Å²) in [5.74, 6) is 0. The van der Waals surface area contributed by atoms with Gasteiger partial charge in [-0.15, -0.1) is 0 Å². The zero-order chi connectivity index (χ0) is 35.2. The van der Waals surface area contributed by atoms with E-state index in [1.165, 1.54) is 19.3 Å². The average molecular weight is 697 g/mol. The van der Waals surface area contributed by atoms with Crippen LogP contribution < -0.4 is 0 Å². The van der Waals surface area contributed by atoms with E-state index in [0.717, 1.165) is 54.4 Å². The first-order chi connectivity index (χ1) is 25.3. The van der Waals surface area contributed by atoms with E-state index >= 15 is 0 Å². The minimum atomic E-state index is -0.671. The lowest BCUT2D eigenvalue weighted by molar-refractivity contribution is -0.328. The van der Waals surface area contributed by atoms with E-state index < -0.39 is 30.7 Å². The molecule has 1 fully saturated rings. The standard InChI is InChI=1S/C44H56O7/c45-29-19-5-3-1-2-4-6-20-30-47-44-43(50-34-39-27-17-10-18-28-39)42(49-33-38-25-15-9-16-26-38)41(48-32-37-23-13-8-14-24-37)40(51-44)35-46-31-36-21-11-7-12-22-36/h7-18,21-28,40-45H,1-6,19-20,29-35H2/t40-,41+,42+,43-,44-/m1/s1. The molecular formula is C44H56O7. The van der Waals surface area contributed by atoms with Crippen molar-refractivity contribution in [3.63, 3.8) is 0 Å². The van der Waals surface area contributed by atoms with Crippen molar-refractivity contribution >= 4 is 0 Å². The average Bonchev–Trinajstić information content (AvgIpc) is 3.18. The number of benzene rings is 4. The molecule has 0 unspecified atom stereocenters. The molecule has 7 nitrogen and oxygen atoms in total. The molecule has 274 valence electrons. The summed E-state index contributed by atoms with van der Waals surface area (Å²) in [6.07, 6.45) is 6.09. The summed E-state index contributed by atoms with van der Waals surface area (Å²) in [5.41, 5.74) is 4.29. The fraction of sp³-hybridized carbons (Fsp3) is 0.455. The van der Waals surface area contributed by atoms with E-state index in [9.17, 15) is 0 Å². The van der Waals surface area contributed by atoms with Gasteiger partial charge < -0.3 is 33.5 Å². The molecule has 1 aliphatic rings. The van der Waals surface area contributed by atoms with Crippen molar-refractivity contribution in [3.05, 3.63) is 144 Å². The number of unbranched alkanes of at least 4 members (excludes halogenated alkanes) is 7. The topological polar surface area (TPSA) is 75.6 Å². The summed E-state index contributed by atoms with van der Waals surface area (Å²) in [6, 6.07) is 40.7. The van der Waals surface area contributed by atoms with Crippen molar-refractivity contribution in [1.82, 2.24) is 0 Å².